The molecule has 2 amide bonds. The minimum Gasteiger partial charge on any atom is -0.326 e. The molecular formula is C48H38N2O2P2. The third kappa shape index (κ3) is 6.95. The number of fused-ring (bicyclic) bond motifs is 2. The summed E-state index contributed by atoms with van der Waals surface area (Å²) in [6, 6.07) is 64.5. The first-order valence-electron chi connectivity index (χ1n) is 18.0. The van der Waals surface area contributed by atoms with Crippen LogP contribution in [0, 0.1) is 0 Å². The van der Waals surface area contributed by atoms with Crippen LogP contribution >= 0.6 is 15.8 Å². The Bertz CT molecular complexity index is 2350. The molecule has 0 spiro atoms. The third-order valence-corrected chi connectivity index (χ3v) is 14.5. The molecule has 0 bridgehead atoms. The van der Waals surface area contributed by atoms with Crippen molar-refractivity contribution in [3.05, 3.63) is 182 Å². The summed E-state index contributed by atoms with van der Waals surface area (Å²) in [5, 5.41) is 17.7. The molecule has 6 heteroatoms. The predicted molar refractivity (Wildman–Crippen MR) is 233 cm³/mol. The highest BCUT2D eigenvalue weighted by Gasteiger charge is 2.29. The van der Waals surface area contributed by atoms with Crippen molar-refractivity contribution in [2.75, 3.05) is 10.6 Å². The van der Waals surface area contributed by atoms with Gasteiger partial charge in [-0.15, -0.1) is 0 Å². The standard InChI is InChI=1S/C48H38N2O2P2/c1-33(51)49-43-27-15-25-41-39(43)29-31-45(53(35-17-7-3-8-18-35)36-19-9-4-10-20-36)47(41)48-42-26-16-28-44(50-34(2)52)40(42)30-32-46(48)54(37-21-11-5-12-22-37)38-23-13-6-14-24-38/h3-32H,1-2H3,(H,49,51)(H,50,52). The fraction of sp³-hybridized carbons (Fsp3) is 0.0417. The molecule has 0 heterocycles. The van der Waals surface area contributed by atoms with Crippen LogP contribution in [0.5, 0.6) is 0 Å². The second-order valence-electron chi connectivity index (χ2n) is 13.1. The van der Waals surface area contributed by atoms with Gasteiger partial charge in [-0.1, -0.05) is 170 Å². The molecule has 8 aromatic rings. The number of benzene rings is 8. The van der Waals surface area contributed by atoms with Gasteiger partial charge in [0.15, 0.2) is 0 Å². The lowest BCUT2D eigenvalue weighted by molar-refractivity contribution is -0.115. The largest absolute Gasteiger partial charge is 0.326 e. The molecule has 0 fully saturated rings. The SMILES string of the molecule is CC(=O)Nc1cccc2c(-c3c(P(c4ccccc4)c4ccccc4)ccc4c(NC(C)=O)cccc34)c(P(c3ccccc3)c3ccccc3)ccc12. The zero-order valence-electron chi connectivity index (χ0n) is 30.0. The molecular weight excluding hydrogens is 698 g/mol. The summed E-state index contributed by atoms with van der Waals surface area (Å²) >= 11 is 0. The Hall–Kier alpha value is -5.92. The van der Waals surface area contributed by atoms with Gasteiger partial charge in [-0.25, -0.2) is 0 Å². The van der Waals surface area contributed by atoms with Crippen LogP contribution in [-0.2, 0) is 9.59 Å². The molecule has 262 valence electrons. The number of hydrogen-bond acceptors (Lipinski definition) is 2. The summed E-state index contributed by atoms with van der Waals surface area (Å²) in [5.74, 6) is -0.238. The van der Waals surface area contributed by atoms with Crippen LogP contribution in [0.3, 0.4) is 0 Å². The van der Waals surface area contributed by atoms with Gasteiger partial charge in [-0.2, -0.15) is 0 Å². The van der Waals surface area contributed by atoms with Crippen molar-refractivity contribution in [1.29, 1.82) is 0 Å². The molecule has 0 saturated carbocycles. The Morgan fingerprint density at radius 1 is 0.352 bits per heavy atom. The average molecular weight is 737 g/mol. The van der Waals surface area contributed by atoms with E-state index < -0.39 is 15.8 Å². The Morgan fingerprint density at radius 3 is 0.963 bits per heavy atom. The van der Waals surface area contributed by atoms with E-state index in [1.54, 1.807) is 13.8 Å². The summed E-state index contributed by atoms with van der Waals surface area (Å²) in [6.07, 6.45) is 0. The van der Waals surface area contributed by atoms with E-state index >= 15 is 0 Å². The second-order valence-corrected chi connectivity index (χ2v) is 17.5. The molecule has 0 saturated heterocycles. The molecule has 0 radical (unpaired) electrons. The van der Waals surface area contributed by atoms with E-state index in [4.69, 9.17) is 0 Å². The second kappa shape index (κ2) is 15.6. The molecule has 8 aromatic carbocycles. The van der Waals surface area contributed by atoms with Crippen molar-refractivity contribution in [2.24, 2.45) is 0 Å². The van der Waals surface area contributed by atoms with Crippen LogP contribution in [-0.4, -0.2) is 11.8 Å². The molecule has 0 aliphatic carbocycles. The zero-order chi connectivity index (χ0) is 37.0. The van der Waals surface area contributed by atoms with E-state index in [0.717, 1.165) is 44.0 Å². The van der Waals surface area contributed by atoms with Gasteiger partial charge in [0.25, 0.3) is 0 Å². The number of rotatable bonds is 9. The van der Waals surface area contributed by atoms with Crippen LogP contribution in [0.25, 0.3) is 32.7 Å². The summed E-state index contributed by atoms with van der Waals surface area (Å²) in [4.78, 5) is 25.1. The van der Waals surface area contributed by atoms with Crippen LogP contribution in [0.15, 0.2) is 182 Å². The minimum absolute atomic E-state index is 0.119. The van der Waals surface area contributed by atoms with E-state index in [-0.39, 0.29) is 11.8 Å². The first-order chi connectivity index (χ1) is 26.5. The number of amides is 2. The number of carbonyl (C=O) groups excluding carboxylic acids is 2. The summed E-state index contributed by atoms with van der Waals surface area (Å²) < 4.78 is 0. The van der Waals surface area contributed by atoms with E-state index in [9.17, 15) is 9.59 Å². The van der Waals surface area contributed by atoms with E-state index in [2.05, 4.69) is 168 Å². The highest BCUT2D eigenvalue weighted by Crippen LogP contribution is 2.47. The summed E-state index contributed by atoms with van der Waals surface area (Å²) in [6.45, 7) is 3.11. The molecule has 54 heavy (non-hydrogen) atoms. The number of nitrogens with one attached hydrogen (secondary N) is 2. The maximum absolute atomic E-state index is 12.6. The van der Waals surface area contributed by atoms with Crippen LogP contribution < -0.4 is 42.5 Å². The van der Waals surface area contributed by atoms with Gasteiger partial charge in [0.1, 0.15) is 0 Å². The predicted octanol–water partition coefficient (Wildman–Crippen LogP) is 9.09. The molecule has 4 nitrogen and oxygen atoms in total. The van der Waals surface area contributed by atoms with Gasteiger partial charge in [-0.3, -0.25) is 9.59 Å². The molecule has 8 rings (SSSR count). The fourth-order valence-electron chi connectivity index (χ4n) is 7.35. The van der Waals surface area contributed by atoms with Crippen LogP contribution in [0.4, 0.5) is 11.4 Å². The Labute approximate surface area is 318 Å². The molecule has 0 aliphatic heterocycles. The first kappa shape index (κ1) is 35.1. The molecule has 0 aromatic heterocycles. The molecule has 0 unspecified atom stereocenters. The normalized spacial score (nSPS) is 11.3. The van der Waals surface area contributed by atoms with E-state index in [1.165, 1.54) is 31.8 Å². The van der Waals surface area contributed by atoms with E-state index in [0.29, 0.717) is 0 Å². The van der Waals surface area contributed by atoms with Crippen LogP contribution in [0.1, 0.15) is 13.8 Å². The monoisotopic (exact) mass is 736 g/mol. The zero-order valence-corrected chi connectivity index (χ0v) is 31.8. The van der Waals surface area contributed by atoms with Crippen molar-refractivity contribution in [1.82, 2.24) is 0 Å². The summed E-state index contributed by atoms with van der Waals surface area (Å²) in [7, 11) is -2.11. The van der Waals surface area contributed by atoms with Crippen LogP contribution in [0.2, 0.25) is 0 Å². The average Bonchev–Trinajstić information content (AvgIpc) is 3.20. The van der Waals surface area contributed by atoms with Gasteiger partial charge in [0, 0.05) is 36.0 Å². The fourth-order valence-corrected chi connectivity index (χ4v) is 12.3. The maximum Gasteiger partial charge on any atom is 0.221 e. The van der Waals surface area contributed by atoms with Crippen molar-refractivity contribution < 1.29 is 9.59 Å². The maximum atomic E-state index is 12.6. The first-order valence-corrected chi connectivity index (χ1v) is 20.6. The molecule has 0 atom stereocenters. The highest BCUT2D eigenvalue weighted by molar-refractivity contribution is 7.80. The van der Waals surface area contributed by atoms with Gasteiger partial charge < -0.3 is 10.6 Å². The van der Waals surface area contributed by atoms with Gasteiger partial charge in [0.2, 0.25) is 11.8 Å². The quantitative estimate of drug-likeness (QED) is 0.145. The van der Waals surface area contributed by atoms with Gasteiger partial charge in [0.05, 0.1) is 0 Å². The lowest BCUT2D eigenvalue weighted by Crippen LogP contribution is -2.26. The lowest BCUT2D eigenvalue weighted by atomic mass is 9.92. The Balaban J connectivity index is 1.57. The Morgan fingerprint density at radius 2 is 0.667 bits per heavy atom. The van der Waals surface area contributed by atoms with Crippen molar-refractivity contribution in [3.63, 3.8) is 0 Å². The number of anilines is 2. The molecule has 0 aliphatic rings. The third-order valence-electron chi connectivity index (χ3n) is 9.49. The van der Waals surface area contributed by atoms with E-state index in [1.807, 2.05) is 24.3 Å². The number of hydrogen-bond donors (Lipinski definition) is 2. The van der Waals surface area contributed by atoms with Gasteiger partial charge >= 0.3 is 0 Å². The van der Waals surface area contributed by atoms with Crippen molar-refractivity contribution in [3.8, 4) is 11.1 Å². The van der Waals surface area contributed by atoms with Crippen molar-refractivity contribution >= 4 is 92.4 Å². The molecule has 2 N–H and O–H groups in total. The minimum atomic E-state index is -1.06. The Kier molecular flexibility index (Phi) is 10.1. The highest BCUT2D eigenvalue weighted by atomic mass is 31.1. The number of carbonyl (C=O) groups is 2. The lowest BCUT2D eigenvalue weighted by Gasteiger charge is -2.29. The smallest absolute Gasteiger partial charge is 0.221 e. The summed E-state index contributed by atoms with van der Waals surface area (Å²) in [5.41, 5.74) is 3.79. The van der Waals surface area contributed by atoms with Crippen molar-refractivity contribution in [2.45, 2.75) is 13.8 Å². The van der Waals surface area contributed by atoms with Gasteiger partial charge in [-0.05, 0) is 81.7 Å². The topological polar surface area (TPSA) is 58.2 Å².